The van der Waals surface area contributed by atoms with E-state index in [4.69, 9.17) is 5.10 Å². The zero-order chi connectivity index (χ0) is 26.4. The molecule has 37 heavy (non-hydrogen) atoms. The maximum Gasteiger partial charge on any atom is 0.254 e. The van der Waals surface area contributed by atoms with Crippen LogP contribution in [0, 0.1) is 24.4 Å². The number of halogens is 3. The van der Waals surface area contributed by atoms with Crippen LogP contribution in [-0.4, -0.2) is 41.4 Å². The summed E-state index contributed by atoms with van der Waals surface area (Å²) in [6.45, 7) is 5.92. The number of carbonyl (C=O) groups is 1. The van der Waals surface area contributed by atoms with Crippen molar-refractivity contribution < 1.29 is 18.0 Å². The number of rotatable bonds is 5. The first-order chi connectivity index (χ1) is 17.7. The first kappa shape index (κ1) is 24.7. The van der Waals surface area contributed by atoms with Crippen LogP contribution >= 0.6 is 0 Å². The third-order valence-electron chi connectivity index (χ3n) is 7.04. The van der Waals surface area contributed by atoms with Crippen molar-refractivity contribution in [1.29, 1.82) is 0 Å². The summed E-state index contributed by atoms with van der Waals surface area (Å²) in [5, 5.41) is 12.4. The summed E-state index contributed by atoms with van der Waals surface area (Å²) in [4.78, 5) is 15.9. The van der Waals surface area contributed by atoms with Crippen LogP contribution in [0.5, 0.6) is 0 Å². The zero-order valence-corrected chi connectivity index (χ0v) is 21.0. The second-order valence-corrected chi connectivity index (χ2v) is 9.42. The van der Waals surface area contributed by atoms with Gasteiger partial charge in [0.15, 0.2) is 17.5 Å². The molecule has 10 heteroatoms. The van der Waals surface area contributed by atoms with Crippen LogP contribution in [0.15, 0.2) is 43.0 Å². The Balaban J connectivity index is 1.59. The van der Waals surface area contributed by atoms with Crippen molar-refractivity contribution >= 4 is 5.91 Å². The van der Waals surface area contributed by atoms with Crippen molar-refractivity contribution in [3.63, 3.8) is 0 Å². The van der Waals surface area contributed by atoms with Gasteiger partial charge in [-0.25, -0.2) is 13.2 Å². The molecule has 1 aliphatic rings. The number of hydrogen-bond acceptors (Lipinski definition) is 4. The molecule has 0 spiro atoms. The van der Waals surface area contributed by atoms with Crippen LogP contribution in [0.2, 0.25) is 0 Å². The predicted octanol–water partition coefficient (Wildman–Crippen LogP) is 5.32. The molecule has 0 bridgehead atoms. The van der Waals surface area contributed by atoms with E-state index in [1.165, 1.54) is 0 Å². The van der Waals surface area contributed by atoms with Gasteiger partial charge in [0.2, 0.25) is 0 Å². The molecule has 3 heterocycles. The molecule has 2 atom stereocenters. The molecule has 1 amide bonds. The van der Waals surface area contributed by atoms with Gasteiger partial charge < -0.3 is 4.90 Å². The lowest BCUT2D eigenvalue weighted by atomic mass is 9.87. The van der Waals surface area contributed by atoms with E-state index in [2.05, 4.69) is 10.2 Å². The number of aryl methyl sites for hydroxylation is 2. The standard InChI is InChI=1S/C27H27F3N6O/c1-5-18-12-20-25(33-34(4)26(20)16-10-21(28)24(30)22(29)11-16)23(6-2)36(18)27(37)17-7-15(3)8-19(9-17)35-13-31-32-14-35/h7-11,13-14,18,23H,5-6,12H2,1-4H3. The van der Waals surface area contributed by atoms with Gasteiger partial charge in [-0.3, -0.25) is 14.0 Å². The summed E-state index contributed by atoms with van der Waals surface area (Å²) in [7, 11) is 1.69. The van der Waals surface area contributed by atoms with Gasteiger partial charge in [-0.1, -0.05) is 13.8 Å². The summed E-state index contributed by atoms with van der Waals surface area (Å²) in [6.07, 6.45) is 4.89. The Morgan fingerprint density at radius 1 is 1.00 bits per heavy atom. The molecule has 0 saturated carbocycles. The fourth-order valence-corrected chi connectivity index (χ4v) is 5.39. The first-order valence-electron chi connectivity index (χ1n) is 12.2. The molecule has 5 rings (SSSR count). The number of benzene rings is 2. The van der Waals surface area contributed by atoms with Gasteiger partial charge in [-0.05, 0) is 62.1 Å². The molecule has 192 valence electrons. The molecular weight excluding hydrogens is 481 g/mol. The highest BCUT2D eigenvalue weighted by Gasteiger charge is 2.40. The average Bonchev–Trinajstić information content (AvgIpc) is 3.52. The summed E-state index contributed by atoms with van der Waals surface area (Å²) < 4.78 is 45.2. The lowest BCUT2D eigenvalue weighted by molar-refractivity contribution is 0.0513. The van der Waals surface area contributed by atoms with Gasteiger partial charge in [0.05, 0.1) is 17.4 Å². The lowest BCUT2D eigenvalue weighted by Gasteiger charge is -2.41. The van der Waals surface area contributed by atoms with E-state index in [0.717, 1.165) is 28.9 Å². The second-order valence-electron chi connectivity index (χ2n) is 9.42. The van der Waals surface area contributed by atoms with Gasteiger partial charge in [0.1, 0.15) is 12.7 Å². The molecule has 2 unspecified atom stereocenters. The molecule has 4 aromatic rings. The number of nitrogens with zero attached hydrogens (tertiary/aromatic N) is 6. The minimum Gasteiger partial charge on any atom is -0.327 e. The van der Waals surface area contributed by atoms with Crippen LogP contribution < -0.4 is 0 Å². The third kappa shape index (κ3) is 4.20. The molecule has 0 saturated heterocycles. The monoisotopic (exact) mass is 508 g/mol. The van der Waals surface area contributed by atoms with Crippen molar-refractivity contribution in [2.45, 2.75) is 52.1 Å². The number of hydrogen-bond donors (Lipinski definition) is 0. The fourth-order valence-electron chi connectivity index (χ4n) is 5.39. The van der Waals surface area contributed by atoms with E-state index in [0.29, 0.717) is 36.2 Å². The van der Waals surface area contributed by atoms with Crippen LogP contribution in [0.3, 0.4) is 0 Å². The van der Waals surface area contributed by atoms with E-state index < -0.39 is 17.5 Å². The minimum absolute atomic E-state index is 0.117. The Hall–Kier alpha value is -3.95. The zero-order valence-electron chi connectivity index (χ0n) is 21.0. The fraction of sp³-hybridized carbons (Fsp3) is 0.333. The maximum atomic E-state index is 14.1. The smallest absolute Gasteiger partial charge is 0.254 e. The molecule has 7 nitrogen and oxygen atoms in total. The number of fused-ring (bicyclic) bond motifs is 1. The van der Waals surface area contributed by atoms with E-state index in [9.17, 15) is 18.0 Å². The summed E-state index contributed by atoms with van der Waals surface area (Å²) in [6, 6.07) is 7.12. The normalized spacial score (nSPS) is 17.2. The number of aromatic nitrogens is 5. The van der Waals surface area contributed by atoms with E-state index in [1.54, 1.807) is 29.0 Å². The summed E-state index contributed by atoms with van der Waals surface area (Å²) in [5.74, 6) is -4.12. The van der Waals surface area contributed by atoms with Crippen LogP contribution in [0.1, 0.15) is 59.9 Å². The Bertz CT molecular complexity index is 1460. The second kappa shape index (κ2) is 9.49. The van der Waals surface area contributed by atoms with Gasteiger partial charge in [-0.2, -0.15) is 5.10 Å². The predicted molar refractivity (Wildman–Crippen MR) is 132 cm³/mol. The Labute approximate surface area is 212 Å². The molecule has 0 radical (unpaired) electrons. The van der Waals surface area contributed by atoms with Gasteiger partial charge in [-0.15, -0.1) is 10.2 Å². The molecule has 2 aromatic heterocycles. The highest BCUT2D eigenvalue weighted by Crippen LogP contribution is 2.41. The van der Waals surface area contributed by atoms with Crippen molar-refractivity contribution in [3.05, 3.63) is 82.8 Å². The van der Waals surface area contributed by atoms with Gasteiger partial charge >= 0.3 is 0 Å². The van der Waals surface area contributed by atoms with E-state index >= 15 is 0 Å². The first-order valence-corrected chi connectivity index (χ1v) is 12.2. The number of carbonyl (C=O) groups excluding carboxylic acids is 1. The topological polar surface area (TPSA) is 68.8 Å². The minimum atomic E-state index is -1.50. The van der Waals surface area contributed by atoms with Crippen LogP contribution in [0.25, 0.3) is 16.9 Å². The molecule has 0 aliphatic carbocycles. The maximum absolute atomic E-state index is 14.1. The largest absolute Gasteiger partial charge is 0.327 e. The van der Waals surface area contributed by atoms with Crippen LogP contribution in [0.4, 0.5) is 13.2 Å². The van der Waals surface area contributed by atoms with Crippen molar-refractivity contribution in [2.24, 2.45) is 7.05 Å². The lowest BCUT2D eigenvalue weighted by Crippen LogP contribution is -2.47. The molecule has 0 fully saturated rings. The van der Waals surface area contributed by atoms with E-state index in [1.807, 2.05) is 43.9 Å². The number of amides is 1. The van der Waals surface area contributed by atoms with Crippen LogP contribution in [-0.2, 0) is 13.5 Å². The van der Waals surface area contributed by atoms with Gasteiger partial charge in [0, 0.05) is 35.5 Å². The van der Waals surface area contributed by atoms with E-state index in [-0.39, 0.29) is 23.6 Å². The van der Waals surface area contributed by atoms with Crippen molar-refractivity contribution in [3.8, 4) is 16.9 Å². The molecule has 0 N–H and O–H groups in total. The summed E-state index contributed by atoms with van der Waals surface area (Å²) >= 11 is 0. The highest BCUT2D eigenvalue weighted by atomic mass is 19.2. The molecule has 2 aromatic carbocycles. The third-order valence-corrected chi connectivity index (χ3v) is 7.04. The molecular formula is C27H27F3N6O. The SMILES string of the molecule is CCC1Cc2c(nn(C)c2-c2cc(F)c(F)c(F)c2)C(CC)N1C(=O)c1cc(C)cc(-n2cnnc2)c1. The Kier molecular flexibility index (Phi) is 6.35. The quantitative estimate of drug-likeness (QED) is 0.342. The Morgan fingerprint density at radius 3 is 2.30 bits per heavy atom. The van der Waals surface area contributed by atoms with Gasteiger partial charge in [0.25, 0.3) is 5.91 Å². The summed E-state index contributed by atoms with van der Waals surface area (Å²) in [5.41, 5.74) is 4.51. The van der Waals surface area contributed by atoms with Crippen molar-refractivity contribution in [1.82, 2.24) is 29.4 Å². The molecule has 1 aliphatic heterocycles. The highest BCUT2D eigenvalue weighted by molar-refractivity contribution is 5.96. The average molecular weight is 509 g/mol. The Morgan fingerprint density at radius 2 is 1.68 bits per heavy atom. The van der Waals surface area contributed by atoms with Crippen molar-refractivity contribution in [2.75, 3.05) is 0 Å².